The third-order valence-electron chi connectivity index (χ3n) is 3.97. The van der Waals surface area contributed by atoms with E-state index in [9.17, 15) is 9.59 Å². The summed E-state index contributed by atoms with van der Waals surface area (Å²) in [6, 6.07) is 0.535. The molecule has 2 fully saturated rings. The van der Waals surface area contributed by atoms with Crippen molar-refractivity contribution in [1.82, 2.24) is 15.5 Å². The van der Waals surface area contributed by atoms with Crippen molar-refractivity contribution in [1.29, 1.82) is 0 Å². The van der Waals surface area contributed by atoms with E-state index in [-0.39, 0.29) is 18.0 Å². The molecule has 2 aliphatic rings. The van der Waals surface area contributed by atoms with Gasteiger partial charge in [-0.25, -0.2) is 4.79 Å². The predicted molar refractivity (Wildman–Crippen MR) is 69.2 cm³/mol. The van der Waals surface area contributed by atoms with Crippen LogP contribution in [0.5, 0.6) is 0 Å². The van der Waals surface area contributed by atoms with Crippen LogP contribution in [0.3, 0.4) is 0 Å². The lowest BCUT2D eigenvalue weighted by molar-refractivity contribution is -0.129. The molecule has 5 nitrogen and oxygen atoms in total. The van der Waals surface area contributed by atoms with Gasteiger partial charge in [0.2, 0.25) is 5.91 Å². The molecule has 1 heterocycles. The van der Waals surface area contributed by atoms with Gasteiger partial charge in [-0.2, -0.15) is 0 Å². The lowest BCUT2D eigenvalue weighted by Crippen LogP contribution is -2.50. The Morgan fingerprint density at radius 3 is 1.94 bits per heavy atom. The van der Waals surface area contributed by atoms with Crippen LogP contribution in [0.25, 0.3) is 0 Å². The molecule has 5 heteroatoms. The van der Waals surface area contributed by atoms with Crippen molar-refractivity contribution in [2.75, 3.05) is 13.1 Å². The highest BCUT2D eigenvalue weighted by Crippen LogP contribution is 2.17. The molecular weight excluding hydrogens is 230 g/mol. The topological polar surface area (TPSA) is 61.4 Å². The highest BCUT2D eigenvalue weighted by Gasteiger charge is 2.23. The van der Waals surface area contributed by atoms with Gasteiger partial charge in [-0.05, 0) is 25.7 Å². The second-order valence-electron chi connectivity index (χ2n) is 5.38. The van der Waals surface area contributed by atoms with Crippen LogP contribution in [0.15, 0.2) is 0 Å². The Morgan fingerprint density at radius 1 is 0.944 bits per heavy atom. The number of carbonyl (C=O) groups is 2. The van der Waals surface area contributed by atoms with Gasteiger partial charge >= 0.3 is 6.03 Å². The van der Waals surface area contributed by atoms with E-state index in [1.165, 1.54) is 12.8 Å². The molecule has 0 aromatic heterocycles. The monoisotopic (exact) mass is 253 g/mol. The van der Waals surface area contributed by atoms with Crippen molar-refractivity contribution >= 4 is 11.9 Å². The van der Waals surface area contributed by atoms with E-state index in [2.05, 4.69) is 10.6 Å². The minimum absolute atomic E-state index is 0.0387. The number of rotatable bonds is 2. The summed E-state index contributed by atoms with van der Waals surface area (Å²) >= 11 is 0. The number of urea groups is 1. The van der Waals surface area contributed by atoms with Gasteiger partial charge in [-0.3, -0.25) is 4.79 Å². The van der Waals surface area contributed by atoms with Crippen molar-refractivity contribution in [3.8, 4) is 0 Å². The number of hydrogen-bond acceptors (Lipinski definition) is 2. The van der Waals surface area contributed by atoms with Crippen LogP contribution in [0.2, 0.25) is 0 Å². The van der Waals surface area contributed by atoms with Gasteiger partial charge in [0, 0.05) is 32.1 Å². The fraction of sp³-hybridized carbons (Fsp3) is 0.846. The normalized spacial score (nSPS) is 21.9. The number of hydrogen-bond donors (Lipinski definition) is 2. The van der Waals surface area contributed by atoms with Crippen LogP contribution in [-0.2, 0) is 4.79 Å². The Bertz CT molecular complexity index is 305. The summed E-state index contributed by atoms with van der Waals surface area (Å²) in [5, 5.41) is 6.05. The molecule has 0 atom stereocenters. The Balaban J connectivity index is 1.67. The molecule has 102 valence electrons. The Kier molecular flexibility index (Phi) is 4.44. The summed E-state index contributed by atoms with van der Waals surface area (Å²) in [4.78, 5) is 24.8. The first-order valence-electron chi connectivity index (χ1n) is 6.97. The molecule has 0 aromatic rings. The summed E-state index contributed by atoms with van der Waals surface area (Å²) in [5.41, 5.74) is 0. The summed E-state index contributed by atoms with van der Waals surface area (Å²) in [6.07, 6.45) is 6.38. The second kappa shape index (κ2) is 6.07. The number of likely N-dealkylation sites (tertiary alicyclic amines) is 1. The quantitative estimate of drug-likeness (QED) is 0.778. The smallest absolute Gasteiger partial charge is 0.315 e. The highest BCUT2D eigenvalue weighted by molar-refractivity contribution is 5.75. The molecule has 18 heavy (non-hydrogen) atoms. The van der Waals surface area contributed by atoms with Gasteiger partial charge in [-0.1, -0.05) is 12.8 Å². The van der Waals surface area contributed by atoms with Crippen LogP contribution in [-0.4, -0.2) is 42.0 Å². The first kappa shape index (κ1) is 13.2. The minimum Gasteiger partial charge on any atom is -0.343 e. The molecule has 0 spiro atoms. The molecule has 1 aliphatic heterocycles. The molecular formula is C13H23N3O2. The molecule has 0 aromatic carbocycles. The van der Waals surface area contributed by atoms with Crippen molar-refractivity contribution < 1.29 is 9.59 Å². The van der Waals surface area contributed by atoms with Gasteiger partial charge in [0.05, 0.1) is 0 Å². The van der Waals surface area contributed by atoms with Crippen LogP contribution < -0.4 is 10.6 Å². The molecule has 0 bridgehead atoms. The van der Waals surface area contributed by atoms with E-state index in [1.54, 1.807) is 6.92 Å². The average Bonchev–Trinajstić information content (AvgIpc) is 2.82. The Labute approximate surface area is 108 Å². The molecule has 1 aliphatic carbocycles. The number of carbonyl (C=O) groups excluding carboxylic acids is 2. The zero-order valence-electron chi connectivity index (χ0n) is 11.1. The van der Waals surface area contributed by atoms with Crippen molar-refractivity contribution in [2.45, 2.75) is 57.5 Å². The second-order valence-corrected chi connectivity index (χ2v) is 5.38. The zero-order valence-corrected chi connectivity index (χ0v) is 11.1. The maximum Gasteiger partial charge on any atom is 0.315 e. The van der Waals surface area contributed by atoms with Gasteiger partial charge in [0.15, 0.2) is 0 Å². The Hall–Kier alpha value is -1.26. The van der Waals surface area contributed by atoms with E-state index in [1.807, 2.05) is 4.90 Å². The molecule has 1 saturated carbocycles. The maximum absolute atomic E-state index is 11.8. The predicted octanol–water partition coefficient (Wildman–Crippen LogP) is 1.24. The third-order valence-corrected chi connectivity index (χ3v) is 3.97. The van der Waals surface area contributed by atoms with E-state index < -0.39 is 0 Å². The maximum atomic E-state index is 11.8. The summed E-state index contributed by atoms with van der Waals surface area (Å²) in [7, 11) is 0. The fourth-order valence-corrected chi connectivity index (χ4v) is 2.82. The molecule has 2 N–H and O–H groups in total. The van der Waals surface area contributed by atoms with Gasteiger partial charge in [-0.15, -0.1) is 0 Å². The molecule has 3 amide bonds. The van der Waals surface area contributed by atoms with Crippen molar-refractivity contribution in [3.63, 3.8) is 0 Å². The third kappa shape index (κ3) is 3.62. The van der Waals surface area contributed by atoms with Crippen molar-refractivity contribution in [2.24, 2.45) is 0 Å². The number of piperidine rings is 1. The molecule has 0 radical (unpaired) electrons. The summed E-state index contributed by atoms with van der Waals surface area (Å²) in [5.74, 6) is 0.129. The first-order chi connectivity index (χ1) is 8.65. The van der Waals surface area contributed by atoms with E-state index in [4.69, 9.17) is 0 Å². The van der Waals surface area contributed by atoms with E-state index >= 15 is 0 Å². The number of amides is 3. The first-order valence-corrected chi connectivity index (χ1v) is 6.97. The molecule has 1 saturated heterocycles. The molecule has 0 unspecified atom stereocenters. The van der Waals surface area contributed by atoms with Crippen LogP contribution in [0.4, 0.5) is 4.79 Å². The van der Waals surface area contributed by atoms with Crippen molar-refractivity contribution in [3.05, 3.63) is 0 Å². The van der Waals surface area contributed by atoms with E-state index in [0.717, 1.165) is 38.8 Å². The van der Waals surface area contributed by atoms with Crippen LogP contribution in [0, 0.1) is 0 Å². The zero-order chi connectivity index (χ0) is 13.0. The largest absolute Gasteiger partial charge is 0.343 e. The van der Waals surface area contributed by atoms with Gasteiger partial charge in [0.1, 0.15) is 0 Å². The fourth-order valence-electron chi connectivity index (χ4n) is 2.82. The van der Waals surface area contributed by atoms with Gasteiger partial charge < -0.3 is 15.5 Å². The highest BCUT2D eigenvalue weighted by atomic mass is 16.2. The van der Waals surface area contributed by atoms with Crippen LogP contribution >= 0.6 is 0 Å². The molecule has 2 rings (SSSR count). The number of nitrogens with one attached hydrogen (secondary N) is 2. The van der Waals surface area contributed by atoms with Gasteiger partial charge in [0.25, 0.3) is 0 Å². The standard InChI is InChI=1S/C13H23N3O2/c1-10(17)16-8-6-12(7-9-16)15-13(18)14-11-4-2-3-5-11/h11-12H,2-9H2,1H3,(H2,14,15,18). The summed E-state index contributed by atoms with van der Waals surface area (Å²) in [6.45, 7) is 3.11. The lowest BCUT2D eigenvalue weighted by atomic mass is 10.1. The lowest BCUT2D eigenvalue weighted by Gasteiger charge is -2.31. The minimum atomic E-state index is -0.0387. The Morgan fingerprint density at radius 2 is 1.44 bits per heavy atom. The SMILES string of the molecule is CC(=O)N1CCC(NC(=O)NC2CCCC2)CC1. The van der Waals surface area contributed by atoms with E-state index in [0.29, 0.717) is 6.04 Å². The number of nitrogens with zero attached hydrogens (tertiary/aromatic N) is 1. The summed E-state index contributed by atoms with van der Waals surface area (Å²) < 4.78 is 0. The van der Waals surface area contributed by atoms with Crippen LogP contribution in [0.1, 0.15) is 45.4 Å². The average molecular weight is 253 g/mol.